The lowest BCUT2D eigenvalue weighted by Crippen LogP contribution is -2.41. The molecule has 1 saturated heterocycles. The molecule has 1 atom stereocenters. The average Bonchev–Trinajstić information content (AvgIpc) is 2.80. The van der Waals surface area contributed by atoms with Crippen molar-refractivity contribution in [3.05, 3.63) is 71.9 Å². The number of nitrogens with one attached hydrogen (secondary N) is 1. The maximum Gasteiger partial charge on any atom is 0.255 e. The smallest absolute Gasteiger partial charge is 0.255 e. The number of carbonyl (C=O) groups is 1. The van der Waals surface area contributed by atoms with Gasteiger partial charge in [-0.05, 0) is 66.9 Å². The molecule has 1 N–H and O–H groups in total. The van der Waals surface area contributed by atoms with Gasteiger partial charge in [0.1, 0.15) is 5.82 Å². The SMILES string of the molecule is Cc1ccc(C(=O)Nc2ccc(N3CCO[C@H](C)C3)nc2)cc1-c1ccc(N(C)C)cc1. The maximum absolute atomic E-state index is 12.9. The minimum Gasteiger partial charge on any atom is -0.378 e. The summed E-state index contributed by atoms with van der Waals surface area (Å²) in [6.07, 6.45) is 1.90. The zero-order chi connectivity index (χ0) is 22.7. The van der Waals surface area contributed by atoms with Gasteiger partial charge in [-0.3, -0.25) is 4.79 Å². The largest absolute Gasteiger partial charge is 0.378 e. The summed E-state index contributed by atoms with van der Waals surface area (Å²) in [6.45, 7) is 6.47. The van der Waals surface area contributed by atoms with Crippen molar-refractivity contribution in [2.45, 2.75) is 20.0 Å². The van der Waals surface area contributed by atoms with Crippen LogP contribution in [-0.4, -0.2) is 50.8 Å². The van der Waals surface area contributed by atoms with Crippen LogP contribution in [0, 0.1) is 6.92 Å². The summed E-state index contributed by atoms with van der Waals surface area (Å²) in [7, 11) is 4.04. The Morgan fingerprint density at radius 3 is 2.56 bits per heavy atom. The minimum absolute atomic E-state index is 0.147. The summed E-state index contributed by atoms with van der Waals surface area (Å²) in [5.74, 6) is 0.752. The van der Waals surface area contributed by atoms with Crippen LogP contribution in [0.15, 0.2) is 60.8 Å². The lowest BCUT2D eigenvalue weighted by Gasteiger charge is -2.32. The quantitative estimate of drug-likeness (QED) is 0.641. The second-order valence-corrected chi connectivity index (χ2v) is 8.46. The van der Waals surface area contributed by atoms with Crippen molar-refractivity contribution in [3.63, 3.8) is 0 Å². The fourth-order valence-corrected chi connectivity index (χ4v) is 3.89. The van der Waals surface area contributed by atoms with Gasteiger partial charge in [0.05, 0.1) is 24.6 Å². The third-order valence-electron chi connectivity index (χ3n) is 5.77. The Balaban J connectivity index is 1.48. The van der Waals surface area contributed by atoms with Crippen molar-refractivity contribution >= 4 is 23.1 Å². The van der Waals surface area contributed by atoms with Gasteiger partial charge in [-0.25, -0.2) is 4.98 Å². The van der Waals surface area contributed by atoms with Gasteiger partial charge < -0.3 is 19.9 Å². The predicted molar refractivity (Wildman–Crippen MR) is 131 cm³/mol. The molecule has 1 aliphatic rings. The van der Waals surface area contributed by atoms with Gasteiger partial charge in [0.2, 0.25) is 0 Å². The monoisotopic (exact) mass is 430 g/mol. The Labute approximate surface area is 189 Å². The van der Waals surface area contributed by atoms with Crippen LogP contribution in [0.4, 0.5) is 17.2 Å². The molecule has 0 bridgehead atoms. The van der Waals surface area contributed by atoms with Crippen molar-refractivity contribution < 1.29 is 9.53 Å². The number of ether oxygens (including phenoxy) is 1. The number of carbonyl (C=O) groups excluding carboxylic acids is 1. The highest BCUT2D eigenvalue weighted by molar-refractivity contribution is 6.05. The number of anilines is 3. The number of benzene rings is 2. The van der Waals surface area contributed by atoms with Crippen LogP contribution >= 0.6 is 0 Å². The minimum atomic E-state index is -0.147. The molecule has 32 heavy (non-hydrogen) atoms. The lowest BCUT2D eigenvalue weighted by molar-refractivity contribution is 0.0529. The van der Waals surface area contributed by atoms with Gasteiger partial charge in [-0.15, -0.1) is 0 Å². The summed E-state index contributed by atoms with van der Waals surface area (Å²) in [4.78, 5) is 21.7. The molecule has 3 aromatic rings. The zero-order valence-electron chi connectivity index (χ0n) is 19.1. The number of rotatable bonds is 5. The first-order valence-corrected chi connectivity index (χ1v) is 10.9. The molecular weight excluding hydrogens is 400 g/mol. The van der Waals surface area contributed by atoms with Crippen molar-refractivity contribution in [2.75, 3.05) is 48.9 Å². The van der Waals surface area contributed by atoms with E-state index in [1.54, 1.807) is 6.20 Å². The molecule has 1 aromatic heterocycles. The Hall–Kier alpha value is -3.38. The summed E-state index contributed by atoms with van der Waals surface area (Å²) >= 11 is 0. The molecule has 4 rings (SSSR count). The normalized spacial score (nSPS) is 16.0. The van der Waals surface area contributed by atoms with Crippen LogP contribution in [0.25, 0.3) is 11.1 Å². The number of amides is 1. The van der Waals surface area contributed by atoms with Crippen LogP contribution in [0.2, 0.25) is 0 Å². The number of hydrogen-bond donors (Lipinski definition) is 1. The van der Waals surface area contributed by atoms with Crippen LogP contribution in [0.3, 0.4) is 0 Å². The third kappa shape index (κ3) is 4.92. The Kier molecular flexibility index (Phi) is 6.42. The lowest BCUT2D eigenvalue weighted by atomic mass is 9.97. The summed E-state index contributed by atoms with van der Waals surface area (Å²) in [5.41, 5.74) is 5.71. The Morgan fingerprint density at radius 2 is 1.91 bits per heavy atom. The highest BCUT2D eigenvalue weighted by Crippen LogP contribution is 2.27. The van der Waals surface area contributed by atoms with E-state index in [1.807, 2.05) is 44.4 Å². The average molecular weight is 431 g/mol. The van der Waals surface area contributed by atoms with Crippen molar-refractivity contribution in [1.82, 2.24) is 4.98 Å². The predicted octanol–water partition coefficient (Wildman–Crippen LogP) is 4.60. The molecule has 6 nitrogen and oxygen atoms in total. The molecule has 0 spiro atoms. The van der Waals surface area contributed by atoms with Gasteiger partial charge in [0.25, 0.3) is 5.91 Å². The first kappa shape index (κ1) is 21.8. The fraction of sp³-hybridized carbons (Fsp3) is 0.308. The van der Waals surface area contributed by atoms with Crippen LogP contribution in [0.5, 0.6) is 0 Å². The van der Waals surface area contributed by atoms with Crippen LogP contribution in [0.1, 0.15) is 22.8 Å². The van der Waals surface area contributed by atoms with E-state index in [1.165, 1.54) is 0 Å². The van der Waals surface area contributed by atoms with Crippen LogP contribution < -0.4 is 15.1 Å². The molecule has 6 heteroatoms. The number of morpholine rings is 1. The van der Waals surface area contributed by atoms with Gasteiger partial charge in [-0.2, -0.15) is 0 Å². The van der Waals surface area contributed by atoms with Gasteiger partial charge in [0.15, 0.2) is 0 Å². The number of aromatic nitrogens is 1. The molecule has 0 radical (unpaired) electrons. The van der Waals surface area contributed by atoms with E-state index < -0.39 is 0 Å². The first-order chi connectivity index (χ1) is 15.4. The summed E-state index contributed by atoms with van der Waals surface area (Å²) < 4.78 is 5.59. The topological polar surface area (TPSA) is 57.7 Å². The second kappa shape index (κ2) is 9.40. The molecule has 1 amide bonds. The molecule has 0 saturated carbocycles. The summed E-state index contributed by atoms with van der Waals surface area (Å²) in [6, 6.07) is 18.0. The maximum atomic E-state index is 12.9. The van der Waals surface area contributed by atoms with Gasteiger partial charge in [-0.1, -0.05) is 18.2 Å². The highest BCUT2D eigenvalue weighted by atomic mass is 16.5. The molecule has 2 aromatic carbocycles. The molecule has 1 aliphatic heterocycles. The van der Waals surface area contributed by atoms with E-state index in [0.29, 0.717) is 17.9 Å². The number of nitrogens with zero attached hydrogens (tertiary/aromatic N) is 3. The van der Waals surface area contributed by atoms with Crippen molar-refractivity contribution in [1.29, 1.82) is 0 Å². The Bertz CT molecular complexity index is 1080. The van der Waals surface area contributed by atoms with Crippen molar-refractivity contribution in [2.24, 2.45) is 0 Å². The Morgan fingerprint density at radius 1 is 1.12 bits per heavy atom. The molecular formula is C26H30N4O2. The second-order valence-electron chi connectivity index (χ2n) is 8.46. The van der Waals surface area contributed by atoms with Crippen molar-refractivity contribution in [3.8, 4) is 11.1 Å². The summed E-state index contributed by atoms with van der Waals surface area (Å²) in [5, 5.41) is 2.97. The van der Waals surface area contributed by atoms with Crippen LogP contribution in [-0.2, 0) is 4.74 Å². The third-order valence-corrected chi connectivity index (χ3v) is 5.77. The first-order valence-electron chi connectivity index (χ1n) is 10.9. The molecule has 0 unspecified atom stereocenters. The molecule has 0 aliphatic carbocycles. The van der Waals surface area contributed by atoms with E-state index >= 15 is 0 Å². The highest BCUT2D eigenvalue weighted by Gasteiger charge is 2.18. The molecule has 1 fully saturated rings. The van der Waals surface area contributed by atoms with E-state index in [2.05, 4.69) is 58.2 Å². The standard InChI is InChI=1S/C26H30N4O2/c1-18-5-6-21(15-24(18)20-7-10-23(11-8-20)29(3)4)26(31)28-22-9-12-25(27-16-22)30-13-14-32-19(2)17-30/h5-12,15-16,19H,13-14,17H2,1-4H3,(H,28,31)/t19-/m1/s1. The van der Waals surface area contributed by atoms with E-state index in [0.717, 1.165) is 41.3 Å². The van der Waals surface area contributed by atoms with Gasteiger partial charge >= 0.3 is 0 Å². The fourth-order valence-electron chi connectivity index (χ4n) is 3.89. The van der Waals surface area contributed by atoms with E-state index in [-0.39, 0.29) is 12.0 Å². The van der Waals surface area contributed by atoms with E-state index in [9.17, 15) is 4.79 Å². The number of aryl methyl sites for hydroxylation is 1. The number of pyridine rings is 1. The number of hydrogen-bond acceptors (Lipinski definition) is 5. The van der Waals surface area contributed by atoms with Gasteiger partial charge in [0, 0.05) is 38.4 Å². The molecule has 166 valence electrons. The zero-order valence-corrected chi connectivity index (χ0v) is 19.1. The van der Waals surface area contributed by atoms with E-state index in [4.69, 9.17) is 4.74 Å². The molecule has 2 heterocycles.